The van der Waals surface area contributed by atoms with Crippen LogP contribution in [0, 0.1) is 5.92 Å². The minimum absolute atomic E-state index is 0.0622. The first-order valence-electron chi connectivity index (χ1n) is 4.25. The summed E-state index contributed by atoms with van der Waals surface area (Å²) in [4.78, 5) is 10.6. The van der Waals surface area contributed by atoms with Gasteiger partial charge in [0.25, 0.3) is 0 Å². The van der Waals surface area contributed by atoms with Crippen molar-refractivity contribution in [3.63, 3.8) is 0 Å². The highest BCUT2D eigenvalue weighted by Crippen LogP contribution is 2.19. The third kappa shape index (κ3) is 2.47. The van der Waals surface area contributed by atoms with Gasteiger partial charge in [-0.05, 0) is 18.1 Å². The lowest BCUT2D eigenvalue weighted by Crippen LogP contribution is -2.20. The van der Waals surface area contributed by atoms with Crippen LogP contribution in [0.25, 0.3) is 0 Å². The fourth-order valence-corrected chi connectivity index (χ4v) is 1.18. The predicted octanol–water partition coefficient (Wildman–Crippen LogP) is 0.628. The maximum absolute atomic E-state index is 10.6. The van der Waals surface area contributed by atoms with Crippen molar-refractivity contribution < 1.29 is 20.1 Å². The first-order valence-corrected chi connectivity index (χ1v) is 4.25. The standard InChI is InChI=1S/C10H12O4/c11-6-8(10(13)14)5-7-3-1-2-4-9(7)12/h1-4,8,11-12H,5-6H2,(H,13,14). The highest BCUT2D eigenvalue weighted by molar-refractivity contribution is 5.70. The van der Waals surface area contributed by atoms with E-state index in [1.54, 1.807) is 18.2 Å². The number of carboxylic acids is 1. The number of para-hydroxylation sites is 1. The first-order chi connectivity index (χ1) is 6.65. The molecule has 0 aliphatic rings. The minimum atomic E-state index is -1.06. The molecule has 0 bridgehead atoms. The minimum Gasteiger partial charge on any atom is -0.508 e. The monoisotopic (exact) mass is 196 g/mol. The van der Waals surface area contributed by atoms with Gasteiger partial charge in [0, 0.05) is 0 Å². The van der Waals surface area contributed by atoms with Crippen molar-refractivity contribution in [2.45, 2.75) is 6.42 Å². The van der Waals surface area contributed by atoms with Gasteiger partial charge in [-0.15, -0.1) is 0 Å². The molecule has 1 aromatic carbocycles. The summed E-state index contributed by atoms with van der Waals surface area (Å²) in [6.45, 7) is -0.427. The number of carbonyl (C=O) groups is 1. The Morgan fingerprint density at radius 2 is 2.00 bits per heavy atom. The number of phenolic OH excluding ortho intramolecular Hbond substituents is 1. The van der Waals surface area contributed by atoms with Gasteiger partial charge in [0.05, 0.1) is 12.5 Å². The molecule has 14 heavy (non-hydrogen) atoms. The van der Waals surface area contributed by atoms with E-state index >= 15 is 0 Å². The summed E-state index contributed by atoms with van der Waals surface area (Å²) in [5, 5.41) is 26.8. The summed E-state index contributed by atoms with van der Waals surface area (Å²) in [6.07, 6.45) is 0.137. The number of aliphatic hydroxyl groups excluding tert-OH is 1. The van der Waals surface area contributed by atoms with Gasteiger partial charge in [-0.25, -0.2) is 0 Å². The van der Waals surface area contributed by atoms with Crippen molar-refractivity contribution in [1.29, 1.82) is 0 Å². The van der Waals surface area contributed by atoms with Gasteiger partial charge in [0.1, 0.15) is 5.75 Å². The predicted molar refractivity (Wildman–Crippen MR) is 50.0 cm³/mol. The van der Waals surface area contributed by atoms with Crippen molar-refractivity contribution >= 4 is 5.97 Å². The molecule has 76 valence electrons. The Hall–Kier alpha value is -1.55. The maximum atomic E-state index is 10.6. The molecule has 0 heterocycles. The van der Waals surface area contributed by atoms with Gasteiger partial charge in [-0.1, -0.05) is 18.2 Å². The summed E-state index contributed by atoms with van der Waals surface area (Å²) in [6, 6.07) is 6.51. The average molecular weight is 196 g/mol. The Morgan fingerprint density at radius 1 is 1.36 bits per heavy atom. The van der Waals surface area contributed by atoms with E-state index in [9.17, 15) is 9.90 Å². The fourth-order valence-electron chi connectivity index (χ4n) is 1.18. The van der Waals surface area contributed by atoms with E-state index in [0.29, 0.717) is 5.56 Å². The Kier molecular flexibility index (Phi) is 3.48. The van der Waals surface area contributed by atoms with Crippen LogP contribution in [0.15, 0.2) is 24.3 Å². The topological polar surface area (TPSA) is 77.8 Å². The van der Waals surface area contributed by atoms with Crippen LogP contribution in [0.1, 0.15) is 5.56 Å². The molecule has 0 aromatic heterocycles. The normalized spacial score (nSPS) is 12.4. The summed E-state index contributed by atoms with van der Waals surface area (Å²) >= 11 is 0. The van der Waals surface area contributed by atoms with Gasteiger partial charge in [-0.3, -0.25) is 4.79 Å². The van der Waals surface area contributed by atoms with Crippen LogP contribution in [-0.2, 0) is 11.2 Å². The van der Waals surface area contributed by atoms with Gasteiger partial charge < -0.3 is 15.3 Å². The summed E-state index contributed by atoms with van der Waals surface area (Å²) in [5.41, 5.74) is 0.536. The third-order valence-corrected chi connectivity index (χ3v) is 2.03. The molecule has 0 saturated carbocycles. The SMILES string of the molecule is O=C(O)C(CO)Cc1ccccc1O. The molecule has 0 saturated heterocycles. The van der Waals surface area contributed by atoms with Crippen LogP contribution in [0.4, 0.5) is 0 Å². The number of aliphatic carboxylic acids is 1. The number of carboxylic acid groups (broad SMARTS) is 1. The first kappa shape index (κ1) is 10.5. The Labute approximate surface area is 81.4 Å². The van der Waals surface area contributed by atoms with E-state index in [1.165, 1.54) is 6.07 Å². The largest absolute Gasteiger partial charge is 0.508 e. The molecule has 1 aromatic rings. The summed E-state index contributed by atoms with van der Waals surface area (Å²) in [5.74, 6) is -1.86. The van der Waals surface area contributed by atoms with Crippen LogP contribution in [0.3, 0.4) is 0 Å². The van der Waals surface area contributed by atoms with E-state index in [1.807, 2.05) is 0 Å². The van der Waals surface area contributed by atoms with Gasteiger partial charge in [-0.2, -0.15) is 0 Å². The lowest BCUT2D eigenvalue weighted by atomic mass is 10.00. The molecule has 0 radical (unpaired) electrons. The number of benzene rings is 1. The van der Waals surface area contributed by atoms with Gasteiger partial charge >= 0.3 is 5.97 Å². The van der Waals surface area contributed by atoms with Gasteiger partial charge in [0.2, 0.25) is 0 Å². The van der Waals surface area contributed by atoms with Crippen LogP contribution in [0.5, 0.6) is 5.75 Å². The van der Waals surface area contributed by atoms with E-state index in [-0.39, 0.29) is 12.2 Å². The molecule has 4 nitrogen and oxygen atoms in total. The smallest absolute Gasteiger partial charge is 0.309 e. The van der Waals surface area contributed by atoms with Crippen molar-refractivity contribution in [3.05, 3.63) is 29.8 Å². The van der Waals surface area contributed by atoms with E-state index in [2.05, 4.69) is 0 Å². The fraction of sp³-hybridized carbons (Fsp3) is 0.300. The Bertz CT molecular complexity index is 322. The Morgan fingerprint density at radius 3 is 2.50 bits per heavy atom. The molecule has 0 spiro atoms. The molecule has 1 rings (SSSR count). The second kappa shape index (κ2) is 4.62. The molecular formula is C10H12O4. The molecule has 3 N–H and O–H groups in total. The molecule has 1 unspecified atom stereocenters. The van der Waals surface area contributed by atoms with Crippen LogP contribution >= 0.6 is 0 Å². The van der Waals surface area contributed by atoms with E-state index < -0.39 is 18.5 Å². The zero-order valence-electron chi connectivity index (χ0n) is 7.55. The molecule has 0 aliphatic heterocycles. The number of aliphatic hydroxyl groups is 1. The molecule has 0 fully saturated rings. The van der Waals surface area contributed by atoms with Crippen molar-refractivity contribution in [2.75, 3.05) is 6.61 Å². The van der Waals surface area contributed by atoms with Crippen molar-refractivity contribution in [2.24, 2.45) is 5.92 Å². The number of rotatable bonds is 4. The summed E-state index contributed by atoms with van der Waals surface area (Å²) < 4.78 is 0. The number of hydrogen-bond acceptors (Lipinski definition) is 3. The van der Waals surface area contributed by atoms with Crippen LogP contribution in [-0.4, -0.2) is 27.9 Å². The number of hydrogen-bond donors (Lipinski definition) is 3. The van der Waals surface area contributed by atoms with Gasteiger partial charge in [0.15, 0.2) is 0 Å². The third-order valence-electron chi connectivity index (χ3n) is 2.03. The van der Waals surface area contributed by atoms with E-state index in [0.717, 1.165) is 0 Å². The highest BCUT2D eigenvalue weighted by atomic mass is 16.4. The quantitative estimate of drug-likeness (QED) is 0.660. The van der Waals surface area contributed by atoms with Crippen LogP contribution in [0.2, 0.25) is 0 Å². The lowest BCUT2D eigenvalue weighted by Gasteiger charge is -2.09. The highest BCUT2D eigenvalue weighted by Gasteiger charge is 2.17. The second-order valence-electron chi connectivity index (χ2n) is 3.05. The van der Waals surface area contributed by atoms with Crippen molar-refractivity contribution in [1.82, 2.24) is 0 Å². The maximum Gasteiger partial charge on any atom is 0.309 e. The zero-order chi connectivity index (χ0) is 10.6. The second-order valence-corrected chi connectivity index (χ2v) is 3.05. The molecule has 0 amide bonds. The summed E-state index contributed by atoms with van der Waals surface area (Å²) in [7, 11) is 0. The molecular weight excluding hydrogens is 184 g/mol. The molecule has 0 aliphatic carbocycles. The lowest BCUT2D eigenvalue weighted by molar-refractivity contribution is -0.143. The molecule has 4 heteroatoms. The average Bonchev–Trinajstić information content (AvgIpc) is 2.16. The molecule has 1 atom stereocenters. The zero-order valence-corrected chi connectivity index (χ0v) is 7.55. The number of aromatic hydroxyl groups is 1. The Balaban J connectivity index is 2.77. The van der Waals surface area contributed by atoms with E-state index in [4.69, 9.17) is 10.2 Å². The van der Waals surface area contributed by atoms with Crippen LogP contribution < -0.4 is 0 Å². The number of phenols is 1. The van der Waals surface area contributed by atoms with Crippen molar-refractivity contribution in [3.8, 4) is 5.75 Å².